The molecule has 1 aliphatic rings. The van der Waals surface area contributed by atoms with Crippen LogP contribution < -0.4 is 0 Å². The number of nitrogens with zero attached hydrogens (tertiary/aromatic N) is 2. The number of rotatable bonds is 2. The number of hydrogen-bond acceptors (Lipinski definition) is 7. The number of hydroxylamine groups is 2. The van der Waals surface area contributed by atoms with Crippen LogP contribution in [0.3, 0.4) is 0 Å². The first-order valence-corrected chi connectivity index (χ1v) is 7.92. The van der Waals surface area contributed by atoms with Crippen molar-refractivity contribution in [1.29, 1.82) is 5.26 Å². The van der Waals surface area contributed by atoms with Crippen molar-refractivity contribution in [2.24, 2.45) is 11.3 Å². The zero-order chi connectivity index (χ0) is 19.3. The number of carbonyl (C=O) groups excluding carboxylic acids is 2. The molecule has 0 saturated carbocycles. The lowest BCUT2D eigenvalue weighted by atomic mass is 9.93. The van der Waals surface area contributed by atoms with Crippen molar-refractivity contribution >= 4 is 11.9 Å². The Kier molecular flexibility index (Phi) is 7.40. The van der Waals surface area contributed by atoms with Gasteiger partial charge in [-0.3, -0.25) is 4.79 Å². The third-order valence-corrected chi connectivity index (χ3v) is 3.44. The fourth-order valence-electron chi connectivity index (χ4n) is 1.76. The molecule has 1 atom stereocenters. The fourth-order valence-corrected chi connectivity index (χ4v) is 1.76. The minimum atomic E-state index is -1.17. The van der Waals surface area contributed by atoms with Gasteiger partial charge in [-0.05, 0) is 55.4 Å². The van der Waals surface area contributed by atoms with Gasteiger partial charge in [0.2, 0.25) is 0 Å². The van der Waals surface area contributed by atoms with Crippen LogP contribution in [-0.2, 0) is 19.1 Å². The third kappa shape index (κ3) is 5.77. The van der Waals surface area contributed by atoms with Gasteiger partial charge < -0.3 is 14.7 Å². The summed E-state index contributed by atoms with van der Waals surface area (Å²) in [6.07, 6.45) is 0. The Balaban J connectivity index is 0.000000922. The molecular weight excluding hydrogens is 312 g/mol. The van der Waals surface area contributed by atoms with Crippen LogP contribution in [0.5, 0.6) is 0 Å². The second-order valence-corrected chi connectivity index (χ2v) is 8.05. The topological polar surface area (TPSA) is 99.9 Å². The van der Waals surface area contributed by atoms with Crippen molar-refractivity contribution in [2.45, 2.75) is 66.5 Å². The van der Waals surface area contributed by atoms with Crippen LogP contribution >= 0.6 is 0 Å². The van der Waals surface area contributed by atoms with Crippen LogP contribution in [0.15, 0.2) is 0 Å². The highest BCUT2D eigenvalue weighted by Gasteiger charge is 2.51. The zero-order valence-electron chi connectivity index (χ0n) is 16.0. The van der Waals surface area contributed by atoms with Gasteiger partial charge in [0.25, 0.3) is 0 Å². The van der Waals surface area contributed by atoms with Gasteiger partial charge in [-0.1, -0.05) is 0 Å². The first kappa shape index (κ1) is 22.4. The molecule has 0 bridgehead atoms. The summed E-state index contributed by atoms with van der Waals surface area (Å²) in [5, 5.41) is 19.0. The molecule has 1 saturated heterocycles. The van der Waals surface area contributed by atoms with Crippen molar-refractivity contribution in [3.05, 3.63) is 0 Å². The molecule has 1 N–H and O–H groups in total. The smallest absolute Gasteiger partial charge is 0.328 e. The summed E-state index contributed by atoms with van der Waals surface area (Å²) in [5.41, 5.74) is -2.73. The molecule has 0 aliphatic carbocycles. The number of cyclic esters (lactones) is 1. The largest absolute Gasteiger partial charge is 0.463 e. The molecule has 0 spiro atoms. The van der Waals surface area contributed by atoms with Gasteiger partial charge >= 0.3 is 11.9 Å². The maximum atomic E-state index is 11.8. The lowest BCUT2D eigenvalue weighted by molar-refractivity contribution is -0.276. The monoisotopic (exact) mass is 342 g/mol. The molecule has 138 valence electrons. The standard InChI is InChI=1S/C13H23NO5.C4H7N/c1-11(2,3)9(15)18-7-13(6)8-19-10(16)12(4,5)14(13)17;1-4(2)3-5/h17H,7-8H2,1-6H3;4H,1-2H3. The van der Waals surface area contributed by atoms with E-state index in [2.05, 4.69) is 0 Å². The summed E-state index contributed by atoms with van der Waals surface area (Å²) in [6.45, 7) is 13.7. The van der Waals surface area contributed by atoms with E-state index in [9.17, 15) is 14.8 Å². The Labute approximate surface area is 144 Å². The molecule has 1 unspecified atom stereocenters. The summed E-state index contributed by atoms with van der Waals surface area (Å²) >= 11 is 0. The molecule has 1 fully saturated rings. The first-order chi connectivity index (χ1) is 10.7. The molecule has 0 aromatic rings. The van der Waals surface area contributed by atoms with E-state index >= 15 is 0 Å². The Hall–Kier alpha value is -1.65. The molecule has 1 heterocycles. The maximum Gasteiger partial charge on any atom is 0.328 e. The lowest BCUT2D eigenvalue weighted by Crippen LogP contribution is -2.67. The van der Waals surface area contributed by atoms with Gasteiger partial charge in [-0.15, -0.1) is 0 Å². The molecule has 7 heteroatoms. The normalized spacial score (nSPS) is 23.6. The van der Waals surface area contributed by atoms with Gasteiger partial charge in [0.1, 0.15) is 24.3 Å². The Morgan fingerprint density at radius 3 is 2.25 bits per heavy atom. The van der Waals surface area contributed by atoms with Crippen molar-refractivity contribution in [3.8, 4) is 6.07 Å². The van der Waals surface area contributed by atoms with E-state index in [0.29, 0.717) is 0 Å². The molecular formula is C17H30N2O5. The highest BCUT2D eigenvalue weighted by atomic mass is 16.6. The van der Waals surface area contributed by atoms with Crippen molar-refractivity contribution in [3.63, 3.8) is 0 Å². The van der Waals surface area contributed by atoms with E-state index in [4.69, 9.17) is 14.7 Å². The lowest BCUT2D eigenvalue weighted by Gasteiger charge is -2.47. The minimum Gasteiger partial charge on any atom is -0.463 e. The van der Waals surface area contributed by atoms with Crippen molar-refractivity contribution in [2.75, 3.05) is 13.2 Å². The van der Waals surface area contributed by atoms with E-state index in [1.807, 2.05) is 19.9 Å². The van der Waals surface area contributed by atoms with Crippen LogP contribution in [0.4, 0.5) is 0 Å². The van der Waals surface area contributed by atoms with Gasteiger partial charge in [0.15, 0.2) is 0 Å². The second-order valence-electron chi connectivity index (χ2n) is 8.05. The fraction of sp³-hybridized carbons (Fsp3) is 0.824. The number of morpholine rings is 1. The number of esters is 2. The summed E-state index contributed by atoms with van der Waals surface area (Å²) in [6, 6.07) is 2.03. The minimum absolute atomic E-state index is 0.0246. The number of carbonyl (C=O) groups is 2. The van der Waals surface area contributed by atoms with Gasteiger partial charge in [0, 0.05) is 5.92 Å². The molecule has 0 aromatic carbocycles. The van der Waals surface area contributed by atoms with Gasteiger partial charge in [-0.2, -0.15) is 10.3 Å². The highest BCUT2D eigenvalue weighted by Crippen LogP contribution is 2.30. The average molecular weight is 342 g/mol. The molecule has 1 aliphatic heterocycles. The van der Waals surface area contributed by atoms with Gasteiger partial charge in [0.05, 0.1) is 11.5 Å². The highest BCUT2D eigenvalue weighted by molar-refractivity contribution is 5.80. The SMILES string of the molecule is CC(C)(C)C(=O)OCC1(C)COC(=O)C(C)(C)N1O.CC(C)C#N. The van der Waals surface area contributed by atoms with Crippen LogP contribution in [0, 0.1) is 22.7 Å². The van der Waals surface area contributed by atoms with E-state index in [1.165, 1.54) is 0 Å². The molecule has 0 radical (unpaired) electrons. The van der Waals surface area contributed by atoms with E-state index in [-0.39, 0.29) is 25.1 Å². The predicted molar refractivity (Wildman–Crippen MR) is 87.9 cm³/mol. The summed E-state index contributed by atoms with van der Waals surface area (Å²) < 4.78 is 10.3. The summed E-state index contributed by atoms with van der Waals surface area (Å²) in [5.74, 6) is -0.679. The Morgan fingerprint density at radius 2 is 1.88 bits per heavy atom. The predicted octanol–water partition coefficient (Wildman–Crippen LogP) is 2.53. The second kappa shape index (κ2) is 7.95. The molecule has 0 aromatic heterocycles. The van der Waals surface area contributed by atoms with Crippen molar-refractivity contribution in [1.82, 2.24) is 5.06 Å². The molecule has 1 rings (SSSR count). The summed E-state index contributed by atoms with van der Waals surface area (Å²) in [4.78, 5) is 23.3. The number of ether oxygens (including phenoxy) is 2. The van der Waals surface area contributed by atoms with E-state index < -0.39 is 22.5 Å². The average Bonchev–Trinajstić information content (AvgIpc) is 2.47. The summed E-state index contributed by atoms with van der Waals surface area (Å²) in [7, 11) is 0. The van der Waals surface area contributed by atoms with Gasteiger partial charge in [-0.25, -0.2) is 4.79 Å². The van der Waals surface area contributed by atoms with E-state index in [0.717, 1.165) is 5.06 Å². The van der Waals surface area contributed by atoms with Crippen LogP contribution in [-0.4, -0.2) is 46.5 Å². The first-order valence-electron chi connectivity index (χ1n) is 7.92. The molecule has 0 amide bonds. The van der Waals surface area contributed by atoms with Crippen LogP contribution in [0.2, 0.25) is 0 Å². The quantitative estimate of drug-likeness (QED) is 0.770. The Bertz CT molecular complexity index is 502. The zero-order valence-corrected chi connectivity index (χ0v) is 16.0. The molecule has 24 heavy (non-hydrogen) atoms. The Morgan fingerprint density at radius 1 is 1.42 bits per heavy atom. The third-order valence-electron chi connectivity index (χ3n) is 3.44. The van der Waals surface area contributed by atoms with Crippen LogP contribution in [0.1, 0.15) is 55.4 Å². The number of nitriles is 1. The van der Waals surface area contributed by atoms with Crippen molar-refractivity contribution < 1.29 is 24.3 Å². The number of hydrogen-bond donors (Lipinski definition) is 1. The van der Waals surface area contributed by atoms with Crippen LogP contribution in [0.25, 0.3) is 0 Å². The molecule has 7 nitrogen and oxygen atoms in total. The van der Waals surface area contributed by atoms with E-state index in [1.54, 1.807) is 41.5 Å². The maximum absolute atomic E-state index is 11.8.